The number of hydrogen-bond donors (Lipinski definition) is 0. The molecule has 1 rings (SSSR count). The molecule has 0 heterocycles. The molecule has 0 bridgehead atoms. The Labute approximate surface area is 96.4 Å². The monoisotopic (exact) mass is 222 g/mol. The Hall–Kier alpha value is -1.35. The van der Waals surface area contributed by atoms with E-state index in [0.29, 0.717) is 6.42 Å². The number of carbonyl (C=O) groups is 1. The molecule has 1 aromatic carbocycles. The lowest BCUT2D eigenvalue weighted by atomic mass is 10.0. The van der Waals surface area contributed by atoms with Crippen LogP contribution in [-0.4, -0.2) is 20.0 Å². The van der Waals surface area contributed by atoms with Crippen molar-refractivity contribution in [3.63, 3.8) is 0 Å². The van der Waals surface area contributed by atoms with Crippen LogP contribution >= 0.6 is 0 Å². The summed E-state index contributed by atoms with van der Waals surface area (Å²) in [5.41, 5.74) is 0.877. The van der Waals surface area contributed by atoms with Crippen LogP contribution in [0.5, 0.6) is 5.75 Å². The van der Waals surface area contributed by atoms with Crippen molar-refractivity contribution in [2.24, 2.45) is 0 Å². The molecule has 1 atom stereocenters. The quantitative estimate of drug-likeness (QED) is 0.742. The summed E-state index contributed by atoms with van der Waals surface area (Å²) in [6.07, 6.45) is 0.935. The summed E-state index contributed by atoms with van der Waals surface area (Å²) in [4.78, 5) is 11.8. The van der Waals surface area contributed by atoms with Crippen molar-refractivity contribution >= 4 is 5.78 Å². The Morgan fingerprint density at radius 2 is 1.88 bits per heavy atom. The fraction of sp³-hybridized carbons (Fsp3) is 0.462. The lowest BCUT2D eigenvalue weighted by Gasteiger charge is -2.14. The van der Waals surface area contributed by atoms with E-state index in [4.69, 9.17) is 9.47 Å². The second kappa shape index (κ2) is 6.28. The molecule has 1 aromatic rings. The molecule has 0 amide bonds. The van der Waals surface area contributed by atoms with E-state index in [9.17, 15) is 4.79 Å². The zero-order chi connectivity index (χ0) is 12.0. The number of methoxy groups -OCH3 is 2. The number of ketones is 1. The molecule has 1 unspecified atom stereocenters. The van der Waals surface area contributed by atoms with E-state index < -0.39 is 6.10 Å². The van der Waals surface area contributed by atoms with Crippen LogP contribution in [-0.2, 0) is 9.53 Å². The molecule has 0 aliphatic carbocycles. The van der Waals surface area contributed by atoms with Gasteiger partial charge in [0.1, 0.15) is 11.9 Å². The predicted octanol–water partition coefficient (Wildman–Crippen LogP) is 2.75. The molecule has 0 N–H and O–H groups in total. The van der Waals surface area contributed by atoms with Gasteiger partial charge in [0.2, 0.25) is 0 Å². The van der Waals surface area contributed by atoms with E-state index in [2.05, 4.69) is 0 Å². The SMILES string of the molecule is CCCC(=O)C(OC)c1ccc(OC)cc1. The van der Waals surface area contributed by atoms with E-state index in [1.54, 1.807) is 14.2 Å². The first-order valence-corrected chi connectivity index (χ1v) is 5.42. The van der Waals surface area contributed by atoms with Gasteiger partial charge >= 0.3 is 0 Å². The minimum absolute atomic E-state index is 0.121. The fourth-order valence-corrected chi connectivity index (χ4v) is 1.61. The summed E-state index contributed by atoms with van der Waals surface area (Å²) in [5, 5.41) is 0. The van der Waals surface area contributed by atoms with Crippen molar-refractivity contribution in [3.8, 4) is 5.75 Å². The highest BCUT2D eigenvalue weighted by atomic mass is 16.5. The number of hydrogen-bond acceptors (Lipinski definition) is 3. The Bertz CT molecular complexity index is 330. The van der Waals surface area contributed by atoms with E-state index in [-0.39, 0.29) is 5.78 Å². The molecule has 0 spiro atoms. The van der Waals surface area contributed by atoms with Gasteiger partial charge in [-0.1, -0.05) is 19.1 Å². The average molecular weight is 222 g/mol. The summed E-state index contributed by atoms with van der Waals surface area (Å²) in [7, 11) is 3.17. The standard InChI is InChI=1S/C13H18O3/c1-4-5-12(14)13(16-3)10-6-8-11(15-2)9-7-10/h6-9,13H,4-5H2,1-3H3. The highest BCUT2D eigenvalue weighted by Gasteiger charge is 2.18. The fourth-order valence-electron chi connectivity index (χ4n) is 1.61. The third kappa shape index (κ3) is 3.07. The molecular weight excluding hydrogens is 204 g/mol. The van der Waals surface area contributed by atoms with Gasteiger partial charge in [-0.05, 0) is 24.1 Å². The summed E-state index contributed by atoms with van der Waals surface area (Å²) in [6, 6.07) is 7.39. The van der Waals surface area contributed by atoms with Gasteiger partial charge in [-0.3, -0.25) is 4.79 Å². The van der Waals surface area contributed by atoms with Crippen LogP contribution in [0, 0.1) is 0 Å². The zero-order valence-corrected chi connectivity index (χ0v) is 10.0. The van der Waals surface area contributed by atoms with Crippen LogP contribution in [0.2, 0.25) is 0 Å². The van der Waals surface area contributed by atoms with Crippen LogP contribution in [0.15, 0.2) is 24.3 Å². The Kier molecular flexibility index (Phi) is 4.99. The lowest BCUT2D eigenvalue weighted by molar-refractivity contribution is -0.129. The molecule has 0 radical (unpaired) electrons. The van der Waals surface area contributed by atoms with Gasteiger partial charge in [0, 0.05) is 13.5 Å². The van der Waals surface area contributed by atoms with E-state index >= 15 is 0 Å². The molecule has 3 heteroatoms. The van der Waals surface area contributed by atoms with Crippen molar-refractivity contribution in [1.82, 2.24) is 0 Å². The Morgan fingerprint density at radius 3 is 2.31 bits per heavy atom. The summed E-state index contributed by atoms with van der Waals surface area (Å²) >= 11 is 0. The zero-order valence-electron chi connectivity index (χ0n) is 10.0. The molecule has 0 saturated carbocycles. The van der Waals surface area contributed by atoms with Gasteiger partial charge in [-0.25, -0.2) is 0 Å². The van der Waals surface area contributed by atoms with Gasteiger partial charge in [-0.2, -0.15) is 0 Å². The first-order valence-electron chi connectivity index (χ1n) is 5.42. The number of Topliss-reactive ketones (excluding diaryl/α,β-unsaturated/α-hetero) is 1. The van der Waals surface area contributed by atoms with Gasteiger partial charge in [0.25, 0.3) is 0 Å². The molecule has 88 valence electrons. The number of carbonyl (C=O) groups excluding carboxylic acids is 1. The van der Waals surface area contributed by atoms with Crippen molar-refractivity contribution in [3.05, 3.63) is 29.8 Å². The molecule has 0 fully saturated rings. The Morgan fingerprint density at radius 1 is 1.25 bits per heavy atom. The van der Waals surface area contributed by atoms with Crippen LogP contribution in [0.4, 0.5) is 0 Å². The lowest BCUT2D eigenvalue weighted by Crippen LogP contribution is -2.14. The molecule has 3 nitrogen and oxygen atoms in total. The first kappa shape index (κ1) is 12.7. The third-order valence-corrected chi connectivity index (χ3v) is 2.44. The second-order valence-corrected chi connectivity index (χ2v) is 3.61. The number of ether oxygens (including phenoxy) is 2. The maximum absolute atomic E-state index is 11.8. The highest BCUT2D eigenvalue weighted by Crippen LogP contribution is 2.22. The van der Waals surface area contributed by atoms with Crippen molar-refractivity contribution in [2.45, 2.75) is 25.9 Å². The maximum Gasteiger partial charge on any atom is 0.166 e. The minimum Gasteiger partial charge on any atom is -0.497 e. The normalized spacial score (nSPS) is 12.2. The molecular formula is C13H18O3. The third-order valence-electron chi connectivity index (χ3n) is 2.44. The first-order chi connectivity index (χ1) is 7.72. The summed E-state index contributed by atoms with van der Waals surface area (Å²) in [6.45, 7) is 1.98. The van der Waals surface area contributed by atoms with Crippen molar-refractivity contribution in [1.29, 1.82) is 0 Å². The van der Waals surface area contributed by atoms with Crippen LogP contribution in [0.25, 0.3) is 0 Å². The van der Waals surface area contributed by atoms with E-state index in [1.165, 1.54) is 0 Å². The second-order valence-electron chi connectivity index (χ2n) is 3.61. The number of benzene rings is 1. The summed E-state index contributed by atoms with van der Waals surface area (Å²) in [5.74, 6) is 0.900. The number of rotatable bonds is 6. The highest BCUT2D eigenvalue weighted by molar-refractivity contribution is 5.84. The van der Waals surface area contributed by atoms with Gasteiger partial charge in [0.15, 0.2) is 5.78 Å². The molecule has 0 aliphatic heterocycles. The summed E-state index contributed by atoms with van der Waals surface area (Å²) < 4.78 is 10.3. The van der Waals surface area contributed by atoms with Crippen molar-refractivity contribution < 1.29 is 14.3 Å². The molecule has 16 heavy (non-hydrogen) atoms. The maximum atomic E-state index is 11.8. The largest absolute Gasteiger partial charge is 0.497 e. The van der Waals surface area contributed by atoms with Crippen LogP contribution < -0.4 is 4.74 Å². The van der Waals surface area contributed by atoms with Gasteiger partial charge in [0.05, 0.1) is 7.11 Å². The van der Waals surface area contributed by atoms with Gasteiger partial charge < -0.3 is 9.47 Å². The Balaban J connectivity index is 2.82. The van der Waals surface area contributed by atoms with E-state index in [0.717, 1.165) is 17.7 Å². The topological polar surface area (TPSA) is 35.5 Å². The molecule has 0 aliphatic rings. The van der Waals surface area contributed by atoms with E-state index in [1.807, 2.05) is 31.2 Å². The van der Waals surface area contributed by atoms with Gasteiger partial charge in [-0.15, -0.1) is 0 Å². The average Bonchev–Trinajstić information content (AvgIpc) is 2.31. The van der Waals surface area contributed by atoms with Crippen LogP contribution in [0.1, 0.15) is 31.4 Å². The molecule has 0 aromatic heterocycles. The van der Waals surface area contributed by atoms with Crippen molar-refractivity contribution in [2.75, 3.05) is 14.2 Å². The van der Waals surface area contributed by atoms with Crippen LogP contribution in [0.3, 0.4) is 0 Å². The molecule has 0 saturated heterocycles. The minimum atomic E-state index is -0.453. The predicted molar refractivity (Wildman–Crippen MR) is 62.7 cm³/mol. The smallest absolute Gasteiger partial charge is 0.166 e.